The summed E-state index contributed by atoms with van der Waals surface area (Å²) < 4.78 is 27.9. The SMILES string of the molecule is C[C@@](CO)(C(=O)N1Cc2cn(S(=O)(=O)c3ccc4ncsc4c3)nc2C1)c1ccccc1. The lowest BCUT2D eigenvalue weighted by molar-refractivity contribution is -0.139. The van der Waals surface area contributed by atoms with Gasteiger partial charge in [0.15, 0.2) is 0 Å². The number of benzene rings is 2. The van der Waals surface area contributed by atoms with Crippen LogP contribution < -0.4 is 0 Å². The molecule has 1 amide bonds. The molecule has 5 rings (SSSR count). The van der Waals surface area contributed by atoms with Gasteiger partial charge in [0.05, 0.1) is 44.9 Å². The summed E-state index contributed by atoms with van der Waals surface area (Å²) in [5.74, 6) is -0.228. The van der Waals surface area contributed by atoms with E-state index in [1.54, 1.807) is 29.5 Å². The Morgan fingerprint density at radius 3 is 2.69 bits per heavy atom. The summed E-state index contributed by atoms with van der Waals surface area (Å²) in [5, 5.41) is 14.3. The molecule has 1 aliphatic rings. The minimum atomic E-state index is -3.86. The first-order chi connectivity index (χ1) is 15.3. The van der Waals surface area contributed by atoms with Crippen molar-refractivity contribution in [3.63, 3.8) is 0 Å². The van der Waals surface area contributed by atoms with Gasteiger partial charge in [0.25, 0.3) is 10.0 Å². The number of nitrogens with zero attached hydrogens (tertiary/aromatic N) is 4. The van der Waals surface area contributed by atoms with Crippen molar-refractivity contribution in [2.45, 2.75) is 30.3 Å². The van der Waals surface area contributed by atoms with Crippen molar-refractivity contribution >= 4 is 37.5 Å². The van der Waals surface area contributed by atoms with E-state index in [9.17, 15) is 18.3 Å². The fraction of sp³-hybridized carbons (Fsp3) is 0.227. The second-order valence-corrected chi connectivity index (χ2v) is 10.7. The van der Waals surface area contributed by atoms with Crippen LogP contribution in [0.5, 0.6) is 0 Å². The van der Waals surface area contributed by atoms with Gasteiger partial charge in [0.1, 0.15) is 0 Å². The van der Waals surface area contributed by atoms with Gasteiger partial charge in [0, 0.05) is 18.3 Å². The lowest BCUT2D eigenvalue weighted by Crippen LogP contribution is -2.45. The Balaban J connectivity index is 1.40. The molecule has 3 heterocycles. The summed E-state index contributed by atoms with van der Waals surface area (Å²) in [4.78, 5) is 19.2. The van der Waals surface area contributed by atoms with Crippen molar-refractivity contribution in [1.82, 2.24) is 19.1 Å². The van der Waals surface area contributed by atoms with Crippen molar-refractivity contribution in [2.75, 3.05) is 6.61 Å². The van der Waals surface area contributed by atoms with Crippen molar-refractivity contribution in [1.29, 1.82) is 0 Å². The van der Waals surface area contributed by atoms with Crippen LogP contribution in [0.4, 0.5) is 0 Å². The van der Waals surface area contributed by atoms with Crippen molar-refractivity contribution in [3.05, 3.63) is 77.1 Å². The highest BCUT2D eigenvalue weighted by molar-refractivity contribution is 7.89. The zero-order chi connectivity index (χ0) is 22.5. The summed E-state index contributed by atoms with van der Waals surface area (Å²) >= 11 is 1.37. The van der Waals surface area contributed by atoms with Crippen LogP contribution in [0, 0.1) is 0 Å². The van der Waals surface area contributed by atoms with Gasteiger partial charge in [-0.25, -0.2) is 4.98 Å². The van der Waals surface area contributed by atoms with Crippen LogP contribution in [0.3, 0.4) is 0 Å². The monoisotopic (exact) mass is 468 g/mol. The van der Waals surface area contributed by atoms with E-state index in [1.165, 1.54) is 23.6 Å². The molecular formula is C22H20N4O4S2. The van der Waals surface area contributed by atoms with E-state index in [4.69, 9.17) is 0 Å². The van der Waals surface area contributed by atoms with Gasteiger partial charge < -0.3 is 10.0 Å². The zero-order valence-corrected chi connectivity index (χ0v) is 18.8. The summed E-state index contributed by atoms with van der Waals surface area (Å²) in [7, 11) is -3.86. The van der Waals surface area contributed by atoms with Crippen LogP contribution in [0.15, 0.2) is 65.1 Å². The molecule has 2 aromatic carbocycles. The number of carbonyl (C=O) groups excluding carboxylic acids is 1. The summed E-state index contributed by atoms with van der Waals surface area (Å²) in [6, 6.07) is 13.9. The van der Waals surface area contributed by atoms with Crippen LogP contribution in [-0.2, 0) is 33.3 Å². The number of aliphatic hydroxyl groups excluding tert-OH is 1. The first-order valence-electron chi connectivity index (χ1n) is 9.95. The molecule has 1 N–H and O–H groups in total. The fourth-order valence-corrected chi connectivity index (χ4v) is 5.92. The predicted octanol–water partition coefficient (Wildman–Crippen LogP) is 2.52. The molecule has 0 fully saturated rings. The number of hydrogen-bond acceptors (Lipinski definition) is 7. The van der Waals surface area contributed by atoms with Crippen LogP contribution in [0.2, 0.25) is 0 Å². The average molecular weight is 469 g/mol. The van der Waals surface area contributed by atoms with E-state index in [0.717, 1.165) is 19.9 Å². The molecule has 1 aliphatic heterocycles. The molecule has 2 aromatic heterocycles. The number of hydrogen-bond donors (Lipinski definition) is 1. The van der Waals surface area contributed by atoms with E-state index >= 15 is 0 Å². The first-order valence-corrected chi connectivity index (χ1v) is 12.3. The highest BCUT2D eigenvalue weighted by Crippen LogP contribution is 2.31. The molecule has 164 valence electrons. The number of aliphatic hydroxyl groups is 1. The molecule has 32 heavy (non-hydrogen) atoms. The quantitative estimate of drug-likeness (QED) is 0.483. The zero-order valence-electron chi connectivity index (χ0n) is 17.2. The number of amides is 1. The molecule has 8 nitrogen and oxygen atoms in total. The Hall–Kier alpha value is -3.08. The number of aromatic nitrogens is 3. The van der Waals surface area contributed by atoms with Crippen LogP contribution in [-0.4, -0.2) is 45.1 Å². The van der Waals surface area contributed by atoms with E-state index in [-0.39, 0.29) is 30.5 Å². The van der Waals surface area contributed by atoms with Gasteiger partial charge in [-0.1, -0.05) is 30.3 Å². The molecule has 1 atom stereocenters. The number of carbonyl (C=O) groups is 1. The lowest BCUT2D eigenvalue weighted by Gasteiger charge is -2.31. The van der Waals surface area contributed by atoms with E-state index < -0.39 is 15.4 Å². The maximum atomic E-state index is 13.3. The predicted molar refractivity (Wildman–Crippen MR) is 120 cm³/mol. The van der Waals surface area contributed by atoms with E-state index in [2.05, 4.69) is 10.1 Å². The van der Waals surface area contributed by atoms with Crippen LogP contribution in [0.25, 0.3) is 10.2 Å². The number of thiazole rings is 1. The third-order valence-electron chi connectivity index (χ3n) is 5.89. The second kappa shape index (κ2) is 7.51. The van der Waals surface area contributed by atoms with Crippen molar-refractivity contribution in [3.8, 4) is 0 Å². The maximum absolute atomic E-state index is 13.3. The lowest BCUT2D eigenvalue weighted by atomic mass is 9.82. The van der Waals surface area contributed by atoms with Crippen molar-refractivity contribution < 1.29 is 18.3 Å². The Labute approximate surface area is 188 Å². The average Bonchev–Trinajstić information content (AvgIpc) is 3.52. The molecule has 0 saturated heterocycles. The Morgan fingerprint density at radius 2 is 1.97 bits per heavy atom. The smallest absolute Gasteiger partial charge is 0.283 e. The van der Waals surface area contributed by atoms with Crippen molar-refractivity contribution in [2.24, 2.45) is 0 Å². The minimum Gasteiger partial charge on any atom is -0.395 e. The summed E-state index contributed by atoms with van der Waals surface area (Å²) in [6.45, 7) is 1.80. The molecular weight excluding hydrogens is 448 g/mol. The van der Waals surface area contributed by atoms with Gasteiger partial charge in [-0.15, -0.1) is 11.3 Å². The maximum Gasteiger partial charge on any atom is 0.283 e. The Bertz CT molecular complexity index is 1410. The highest BCUT2D eigenvalue weighted by Gasteiger charge is 2.40. The molecule has 10 heteroatoms. The minimum absolute atomic E-state index is 0.139. The molecule has 4 aromatic rings. The van der Waals surface area contributed by atoms with Crippen LogP contribution >= 0.6 is 11.3 Å². The topological polar surface area (TPSA) is 105 Å². The summed E-state index contributed by atoms with van der Waals surface area (Å²) in [6.07, 6.45) is 1.47. The van der Waals surface area contributed by atoms with E-state index in [1.807, 2.05) is 30.3 Å². The molecule has 0 saturated carbocycles. The Morgan fingerprint density at radius 1 is 1.19 bits per heavy atom. The van der Waals surface area contributed by atoms with Gasteiger partial charge in [-0.2, -0.15) is 17.6 Å². The molecule has 0 bridgehead atoms. The normalized spacial score (nSPS) is 15.6. The van der Waals surface area contributed by atoms with Gasteiger partial charge in [-0.3, -0.25) is 4.79 Å². The summed E-state index contributed by atoms with van der Waals surface area (Å²) in [5.41, 5.74) is 3.27. The molecule has 0 radical (unpaired) electrons. The third-order valence-corrected chi connectivity index (χ3v) is 8.21. The molecule has 0 aliphatic carbocycles. The van der Waals surface area contributed by atoms with Gasteiger partial charge in [-0.05, 0) is 30.7 Å². The Kier molecular flexibility index (Phi) is 4.88. The fourth-order valence-electron chi connectivity index (χ4n) is 3.94. The van der Waals surface area contributed by atoms with Gasteiger partial charge in [0.2, 0.25) is 5.91 Å². The standard InChI is InChI=1S/C22H20N4O4S2/c1-22(13-27,16-5-3-2-4-6-16)21(28)25-10-15-11-26(24-19(15)12-25)32(29,30)17-7-8-18-20(9-17)31-14-23-18/h2-9,11,14,27H,10,12-13H2,1H3/t22-/m0/s1. The number of fused-ring (bicyclic) bond motifs is 2. The van der Waals surface area contributed by atoms with Gasteiger partial charge >= 0.3 is 0 Å². The number of rotatable bonds is 5. The third kappa shape index (κ3) is 3.22. The van der Waals surface area contributed by atoms with Crippen LogP contribution in [0.1, 0.15) is 23.7 Å². The van der Waals surface area contributed by atoms with E-state index in [0.29, 0.717) is 11.3 Å². The second-order valence-electron chi connectivity index (χ2n) is 7.98. The largest absolute Gasteiger partial charge is 0.395 e. The highest BCUT2D eigenvalue weighted by atomic mass is 32.2. The molecule has 0 spiro atoms. The first kappa shape index (κ1) is 20.8. The molecule has 0 unspecified atom stereocenters.